The van der Waals surface area contributed by atoms with Gasteiger partial charge in [-0.25, -0.2) is 4.98 Å². The van der Waals surface area contributed by atoms with Crippen molar-refractivity contribution in [3.8, 4) is 45.3 Å². The van der Waals surface area contributed by atoms with Crippen LogP contribution in [0.5, 0.6) is 0 Å². The first-order valence-electron chi connectivity index (χ1n) is 15.5. The van der Waals surface area contributed by atoms with Crippen molar-refractivity contribution in [1.29, 1.82) is 0 Å². The highest BCUT2D eigenvalue weighted by molar-refractivity contribution is 6.21. The van der Waals surface area contributed by atoms with Gasteiger partial charge in [-0.2, -0.15) is 0 Å². The average Bonchev–Trinajstić information content (AvgIpc) is 3.71. The van der Waals surface area contributed by atoms with E-state index >= 15 is 0 Å². The number of para-hydroxylation sites is 4. The Bertz CT molecular complexity index is 2500. The summed E-state index contributed by atoms with van der Waals surface area (Å²) in [6.45, 7) is 0. The highest BCUT2D eigenvalue weighted by Gasteiger charge is 2.26. The lowest BCUT2D eigenvalue weighted by molar-refractivity contribution is 1.04. The lowest BCUT2D eigenvalue weighted by atomic mass is 9.90. The minimum atomic E-state index is 0.877. The zero-order chi connectivity index (χ0) is 30.5. The van der Waals surface area contributed by atoms with Gasteiger partial charge in [-0.15, -0.1) is 0 Å². The van der Waals surface area contributed by atoms with Crippen molar-refractivity contribution in [1.82, 2.24) is 19.1 Å². The van der Waals surface area contributed by atoms with E-state index in [0.29, 0.717) is 0 Å². The fourth-order valence-electron chi connectivity index (χ4n) is 6.87. The monoisotopic (exact) mass is 588 g/mol. The summed E-state index contributed by atoms with van der Waals surface area (Å²) in [6.07, 6.45) is 1.88. The smallest absolute Gasteiger partial charge is 0.162 e. The van der Waals surface area contributed by atoms with Gasteiger partial charge in [0.2, 0.25) is 0 Å². The van der Waals surface area contributed by atoms with Crippen molar-refractivity contribution < 1.29 is 0 Å². The van der Waals surface area contributed by atoms with Crippen molar-refractivity contribution >= 4 is 32.7 Å². The molecule has 0 unspecified atom stereocenters. The lowest BCUT2D eigenvalue weighted by Crippen LogP contribution is -2.03. The van der Waals surface area contributed by atoms with Crippen LogP contribution in [0.15, 0.2) is 170 Å². The molecule has 0 N–H and O–H groups in total. The number of aromatic nitrogens is 4. The molecule has 0 aliphatic carbocycles. The van der Waals surface area contributed by atoms with Crippen LogP contribution in [0.3, 0.4) is 0 Å². The molecule has 4 heteroatoms. The average molecular weight is 589 g/mol. The zero-order valence-electron chi connectivity index (χ0n) is 25.0. The third kappa shape index (κ3) is 4.08. The van der Waals surface area contributed by atoms with Gasteiger partial charge in [0.05, 0.1) is 27.9 Å². The molecule has 0 atom stereocenters. The maximum atomic E-state index is 5.34. The molecule has 9 rings (SSSR count). The molecular formula is C42H28N4. The number of hydrogen-bond donors (Lipinski definition) is 0. The topological polar surface area (TPSA) is 35.6 Å². The second kappa shape index (κ2) is 10.7. The summed E-state index contributed by atoms with van der Waals surface area (Å²) in [4.78, 5) is 10.2. The Morgan fingerprint density at radius 1 is 0.457 bits per heavy atom. The first-order chi connectivity index (χ1) is 22.9. The molecule has 0 amide bonds. The molecule has 0 aliphatic heterocycles. The van der Waals surface area contributed by atoms with Gasteiger partial charge in [-0.1, -0.05) is 109 Å². The minimum Gasteiger partial charge on any atom is -0.306 e. The van der Waals surface area contributed by atoms with E-state index in [2.05, 4.69) is 167 Å². The Balaban J connectivity index is 1.53. The molecule has 0 bridgehead atoms. The molecule has 0 spiro atoms. The van der Waals surface area contributed by atoms with Crippen LogP contribution in [0.1, 0.15) is 0 Å². The van der Waals surface area contributed by atoms with E-state index in [-0.39, 0.29) is 0 Å². The fraction of sp³-hybridized carbons (Fsp3) is 0. The van der Waals surface area contributed by atoms with Gasteiger partial charge in [-0.05, 0) is 70.9 Å². The van der Waals surface area contributed by atoms with Gasteiger partial charge >= 0.3 is 0 Å². The second-order valence-electron chi connectivity index (χ2n) is 11.4. The van der Waals surface area contributed by atoms with Gasteiger partial charge < -0.3 is 4.57 Å². The molecule has 0 radical (unpaired) electrons. The maximum absolute atomic E-state index is 5.34. The van der Waals surface area contributed by atoms with Gasteiger partial charge in [0.25, 0.3) is 0 Å². The summed E-state index contributed by atoms with van der Waals surface area (Å²) >= 11 is 0. The van der Waals surface area contributed by atoms with Crippen LogP contribution in [-0.4, -0.2) is 19.1 Å². The van der Waals surface area contributed by atoms with Crippen LogP contribution in [0, 0.1) is 0 Å². The van der Waals surface area contributed by atoms with Crippen LogP contribution in [-0.2, 0) is 0 Å². The zero-order valence-corrected chi connectivity index (χ0v) is 25.0. The molecule has 216 valence electrons. The summed E-state index contributed by atoms with van der Waals surface area (Å²) in [6, 6.07) is 57.5. The van der Waals surface area contributed by atoms with Crippen molar-refractivity contribution in [3.05, 3.63) is 170 Å². The standard InChI is InChI=1S/C42H28N4/c1-4-16-29(17-5-1)39-32-22-10-11-23-33(32)40(36-25-14-15-27-43-36)34-28-38(45(41(34)39)30-18-6-2-7-19-30)42-44-35-24-12-13-26-37(35)46(42)31-20-8-3-9-21-31/h1-28H. The van der Waals surface area contributed by atoms with Crippen LogP contribution in [0.25, 0.3) is 78.0 Å². The van der Waals surface area contributed by atoms with Gasteiger partial charge in [0, 0.05) is 34.1 Å². The van der Waals surface area contributed by atoms with Crippen LogP contribution in [0.4, 0.5) is 0 Å². The SMILES string of the molecule is c1ccc(-c2c3ccccc3c(-c3ccccn3)c3cc(-c4nc5ccccc5n4-c4ccccc4)n(-c4ccccc4)c23)cc1. The normalized spacial score (nSPS) is 11.5. The van der Waals surface area contributed by atoms with E-state index in [1.165, 1.54) is 16.3 Å². The number of hydrogen-bond acceptors (Lipinski definition) is 2. The molecule has 4 nitrogen and oxygen atoms in total. The van der Waals surface area contributed by atoms with E-state index in [9.17, 15) is 0 Å². The molecule has 0 saturated heterocycles. The van der Waals surface area contributed by atoms with E-state index in [1.807, 2.05) is 12.3 Å². The maximum Gasteiger partial charge on any atom is 0.162 e. The van der Waals surface area contributed by atoms with E-state index in [4.69, 9.17) is 9.97 Å². The van der Waals surface area contributed by atoms with Crippen molar-refractivity contribution in [2.75, 3.05) is 0 Å². The summed E-state index contributed by atoms with van der Waals surface area (Å²) in [5.74, 6) is 0.877. The minimum absolute atomic E-state index is 0.877. The summed E-state index contributed by atoms with van der Waals surface area (Å²) in [5, 5.41) is 3.47. The number of imidazole rings is 1. The Hall–Kier alpha value is -6.26. The van der Waals surface area contributed by atoms with Gasteiger partial charge in [-0.3, -0.25) is 9.55 Å². The molecule has 0 saturated carbocycles. The summed E-state index contributed by atoms with van der Waals surface area (Å²) < 4.78 is 4.68. The third-order valence-corrected chi connectivity index (χ3v) is 8.77. The molecule has 9 aromatic rings. The van der Waals surface area contributed by atoms with Crippen LogP contribution in [0.2, 0.25) is 0 Å². The largest absolute Gasteiger partial charge is 0.306 e. The Labute approximate surface area is 266 Å². The second-order valence-corrected chi connectivity index (χ2v) is 11.4. The number of nitrogens with zero attached hydrogens (tertiary/aromatic N) is 4. The Kier molecular flexibility index (Phi) is 6.10. The van der Waals surface area contributed by atoms with Crippen molar-refractivity contribution in [2.24, 2.45) is 0 Å². The number of pyridine rings is 1. The first kappa shape index (κ1) is 26.2. The molecule has 0 fully saturated rings. The van der Waals surface area contributed by atoms with E-state index in [1.54, 1.807) is 0 Å². The van der Waals surface area contributed by atoms with Crippen LogP contribution < -0.4 is 0 Å². The van der Waals surface area contributed by atoms with Crippen LogP contribution >= 0.6 is 0 Å². The highest BCUT2D eigenvalue weighted by Crippen LogP contribution is 2.47. The van der Waals surface area contributed by atoms with Gasteiger partial charge in [0.15, 0.2) is 5.82 Å². The number of benzene rings is 6. The van der Waals surface area contributed by atoms with E-state index < -0.39 is 0 Å². The number of rotatable bonds is 5. The van der Waals surface area contributed by atoms with Crippen molar-refractivity contribution in [2.45, 2.75) is 0 Å². The summed E-state index contributed by atoms with van der Waals surface area (Å²) in [5.41, 5.74) is 10.7. The van der Waals surface area contributed by atoms with Crippen molar-refractivity contribution in [3.63, 3.8) is 0 Å². The van der Waals surface area contributed by atoms with E-state index in [0.717, 1.165) is 61.7 Å². The third-order valence-electron chi connectivity index (χ3n) is 8.77. The molecule has 3 heterocycles. The van der Waals surface area contributed by atoms with Gasteiger partial charge in [0.1, 0.15) is 0 Å². The fourth-order valence-corrected chi connectivity index (χ4v) is 6.87. The molecule has 3 aromatic heterocycles. The summed E-state index contributed by atoms with van der Waals surface area (Å²) in [7, 11) is 0. The lowest BCUT2D eigenvalue weighted by Gasteiger charge is -2.18. The highest BCUT2D eigenvalue weighted by atomic mass is 15.1. The Morgan fingerprint density at radius 2 is 1.04 bits per heavy atom. The Morgan fingerprint density at radius 3 is 1.74 bits per heavy atom. The molecule has 46 heavy (non-hydrogen) atoms. The molecular weight excluding hydrogens is 560 g/mol. The molecule has 0 aliphatic rings. The predicted molar refractivity (Wildman–Crippen MR) is 190 cm³/mol. The number of fused-ring (bicyclic) bond motifs is 3. The quantitative estimate of drug-likeness (QED) is 0.200. The predicted octanol–water partition coefficient (Wildman–Crippen LogP) is 10.5. The first-order valence-corrected chi connectivity index (χ1v) is 15.5. The molecule has 6 aromatic carbocycles.